The summed E-state index contributed by atoms with van der Waals surface area (Å²) in [7, 11) is 0. The van der Waals surface area contributed by atoms with E-state index in [-0.39, 0.29) is 11.9 Å². The monoisotopic (exact) mass is 367 g/mol. The lowest BCUT2D eigenvalue weighted by Gasteiger charge is -2.23. The van der Waals surface area contributed by atoms with Gasteiger partial charge in [0.15, 0.2) is 5.69 Å². The Kier molecular flexibility index (Phi) is 4.50. The van der Waals surface area contributed by atoms with Crippen LogP contribution in [0, 0.1) is 12.8 Å². The van der Waals surface area contributed by atoms with Crippen LogP contribution < -0.4 is 0 Å². The molecule has 0 radical (unpaired) electrons. The van der Waals surface area contributed by atoms with Gasteiger partial charge >= 0.3 is 5.97 Å². The number of amides is 1. The van der Waals surface area contributed by atoms with E-state index in [1.165, 1.54) is 5.56 Å². The van der Waals surface area contributed by atoms with Gasteiger partial charge in [0, 0.05) is 23.8 Å². The largest absolute Gasteiger partial charge is 0.481 e. The van der Waals surface area contributed by atoms with E-state index in [0.29, 0.717) is 18.7 Å². The number of hydrogen-bond donors (Lipinski definition) is 1. The topological polar surface area (TPSA) is 75.4 Å². The Labute approximate surface area is 158 Å². The number of aliphatic carboxylic acids is 1. The van der Waals surface area contributed by atoms with Crippen molar-refractivity contribution >= 4 is 11.9 Å². The number of aryl methyl sites for hydroxylation is 1. The molecule has 2 atom stereocenters. The van der Waals surface area contributed by atoms with E-state index in [1.54, 1.807) is 4.90 Å². The minimum absolute atomic E-state index is 0.129. The molecule has 1 N–H and O–H groups in total. The molecular weight excluding hydrogens is 342 g/mol. The standard InChI is InChI=1S/C21H25N3O3/c1-13-7-9-15(10-8-13)24-18-6-4-3-5-17(18)19(22-24)20(25)23-12-11-16(14(23)2)21(26)27/h7-10,14,16H,3-6,11-12H2,1-2H3,(H,26,27). The van der Waals surface area contributed by atoms with Crippen LogP contribution in [0.3, 0.4) is 0 Å². The van der Waals surface area contributed by atoms with Crippen molar-refractivity contribution in [3.8, 4) is 5.69 Å². The molecule has 1 aromatic heterocycles. The Hall–Kier alpha value is -2.63. The van der Waals surface area contributed by atoms with E-state index in [0.717, 1.165) is 42.6 Å². The van der Waals surface area contributed by atoms with Crippen LogP contribution in [-0.2, 0) is 17.6 Å². The number of likely N-dealkylation sites (tertiary alicyclic amines) is 1. The van der Waals surface area contributed by atoms with E-state index >= 15 is 0 Å². The number of aromatic nitrogens is 2. The fraction of sp³-hybridized carbons (Fsp3) is 0.476. The van der Waals surface area contributed by atoms with Crippen molar-refractivity contribution in [2.45, 2.75) is 52.0 Å². The zero-order valence-electron chi connectivity index (χ0n) is 15.8. The number of carboxylic acids is 1. The average molecular weight is 367 g/mol. The van der Waals surface area contributed by atoms with Crippen molar-refractivity contribution < 1.29 is 14.7 Å². The Bertz CT molecular complexity index is 885. The van der Waals surface area contributed by atoms with Crippen LogP contribution >= 0.6 is 0 Å². The molecule has 142 valence electrons. The molecule has 6 nitrogen and oxygen atoms in total. The predicted octanol–water partition coefficient (Wildman–Crippen LogP) is 2.99. The maximum Gasteiger partial charge on any atom is 0.308 e. The first-order chi connectivity index (χ1) is 13.0. The summed E-state index contributed by atoms with van der Waals surface area (Å²) < 4.78 is 1.91. The predicted molar refractivity (Wildman–Crippen MR) is 101 cm³/mol. The van der Waals surface area contributed by atoms with E-state index in [1.807, 2.05) is 42.8 Å². The molecule has 1 saturated heterocycles. The SMILES string of the molecule is Cc1ccc(-n2nc(C(=O)N3CCC(C(=O)O)C3C)c3c2CCCC3)cc1. The summed E-state index contributed by atoms with van der Waals surface area (Å²) in [6, 6.07) is 7.86. The van der Waals surface area contributed by atoms with Crippen molar-refractivity contribution in [2.75, 3.05) is 6.54 Å². The van der Waals surface area contributed by atoms with Crippen molar-refractivity contribution in [1.29, 1.82) is 0 Å². The van der Waals surface area contributed by atoms with Gasteiger partial charge in [-0.3, -0.25) is 9.59 Å². The molecule has 1 fully saturated rings. The molecule has 2 heterocycles. The zero-order chi connectivity index (χ0) is 19.1. The number of carbonyl (C=O) groups excluding carboxylic acids is 1. The van der Waals surface area contributed by atoms with E-state index < -0.39 is 11.9 Å². The highest BCUT2D eigenvalue weighted by Gasteiger charge is 2.40. The van der Waals surface area contributed by atoms with Crippen molar-refractivity contribution in [3.63, 3.8) is 0 Å². The second-order valence-corrected chi connectivity index (χ2v) is 7.70. The van der Waals surface area contributed by atoms with Gasteiger partial charge in [0.2, 0.25) is 0 Å². The summed E-state index contributed by atoms with van der Waals surface area (Å²) in [4.78, 5) is 26.4. The molecule has 0 bridgehead atoms. The molecular formula is C21H25N3O3. The van der Waals surface area contributed by atoms with Gasteiger partial charge in [-0.15, -0.1) is 0 Å². The molecule has 2 aliphatic rings. The summed E-state index contributed by atoms with van der Waals surface area (Å²) in [5.74, 6) is -1.45. The van der Waals surface area contributed by atoms with Crippen LogP contribution in [-0.4, -0.2) is 44.3 Å². The van der Waals surface area contributed by atoms with Gasteiger partial charge in [-0.2, -0.15) is 5.10 Å². The molecule has 6 heteroatoms. The van der Waals surface area contributed by atoms with E-state index in [2.05, 4.69) is 0 Å². The number of fused-ring (bicyclic) bond motifs is 1. The molecule has 0 spiro atoms. The van der Waals surface area contributed by atoms with Crippen LogP contribution in [0.25, 0.3) is 5.69 Å². The van der Waals surface area contributed by atoms with Crippen molar-refractivity contribution in [3.05, 3.63) is 46.8 Å². The van der Waals surface area contributed by atoms with Crippen molar-refractivity contribution in [2.24, 2.45) is 5.92 Å². The second-order valence-electron chi connectivity index (χ2n) is 7.70. The summed E-state index contributed by atoms with van der Waals surface area (Å²) >= 11 is 0. The van der Waals surface area contributed by atoms with Gasteiger partial charge in [0.1, 0.15) is 0 Å². The smallest absolute Gasteiger partial charge is 0.308 e. The highest BCUT2D eigenvalue weighted by Crippen LogP contribution is 2.31. The fourth-order valence-electron chi connectivity index (χ4n) is 4.36. The molecule has 1 amide bonds. The Morgan fingerprint density at radius 3 is 2.52 bits per heavy atom. The number of carbonyl (C=O) groups is 2. The molecule has 2 unspecified atom stereocenters. The number of hydrogen-bond acceptors (Lipinski definition) is 3. The molecule has 4 rings (SSSR count). The number of rotatable bonds is 3. The third-order valence-electron chi connectivity index (χ3n) is 5.99. The average Bonchev–Trinajstić information content (AvgIpc) is 3.23. The van der Waals surface area contributed by atoms with Crippen LogP contribution in [0.5, 0.6) is 0 Å². The third kappa shape index (κ3) is 3.03. The van der Waals surface area contributed by atoms with Gasteiger partial charge in [-0.05, 0) is 58.1 Å². The minimum Gasteiger partial charge on any atom is -0.481 e. The molecule has 1 aliphatic heterocycles. The van der Waals surface area contributed by atoms with Gasteiger partial charge in [0.05, 0.1) is 11.6 Å². The Morgan fingerprint density at radius 1 is 1.15 bits per heavy atom. The quantitative estimate of drug-likeness (QED) is 0.905. The maximum atomic E-state index is 13.3. The third-order valence-corrected chi connectivity index (χ3v) is 5.99. The lowest BCUT2D eigenvalue weighted by Crippen LogP contribution is -2.38. The number of carboxylic acid groups (broad SMARTS) is 1. The second kappa shape index (κ2) is 6.83. The first kappa shape index (κ1) is 17.8. The van der Waals surface area contributed by atoms with Gasteiger partial charge in [-0.1, -0.05) is 17.7 Å². The molecule has 1 aliphatic carbocycles. The van der Waals surface area contributed by atoms with Crippen LogP contribution in [0.4, 0.5) is 0 Å². The Balaban J connectivity index is 1.72. The van der Waals surface area contributed by atoms with Crippen molar-refractivity contribution in [1.82, 2.24) is 14.7 Å². The molecule has 27 heavy (non-hydrogen) atoms. The minimum atomic E-state index is -0.829. The van der Waals surface area contributed by atoms with Crippen LogP contribution in [0.2, 0.25) is 0 Å². The summed E-state index contributed by atoms with van der Waals surface area (Å²) in [5, 5.41) is 14.1. The zero-order valence-corrected chi connectivity index (χ0v) is 15.8. The van der Waals surface area contributed by atoms with Crippen LogP contribution in [0.15, 0.2) is 24.3 Å². The molecule has 0 saturated carbocycles. The molecule has 1 aromatic carbocycles. The number of benzene rings is 1. The first-order valence-electron chi connectivity index (χ1n) is 9.69. The maximum absolute atomic E-state index is 13.3. The Morgan fingerprint density at radius 2 is 1.85 bits per heavy atom. The summed E-state index contributed by atoms with van der Waals surface area (Å²) in [5.41, 5.74) is 4.81. The lowest BCUT2D eigenvalue weighted by atomic mass is 9.95. The fourth-order valence-corrected chi connectivity index (χ4v) is 4.36. The van der Waals surface area contributed by atoms with Crippen LogP contribution in [0.1, 0.15) is 53.5 Å². The summed E-state index contributed by atoms with van der Waals surface area (Å²) in [6.07, 6.45) is 4.42. The normalized spacial score (nSPS) is 21.9. The van der Waals surface area contributed by atoms with Gasteiger partial charge < -0.3 is 10.0 Å². The number of nitrogens with zero attached hydrogens (tertiary/aromatic N) is 3. The van der Waals surface area contributed by atoms with Gasteiger partial charge in [-0.25, -0.2) is 4.68 Å². The molecule has 2 aromatic rings. The van der Waals surface area contributed by atoms with Gasteiger partial charge in [0.25, 0.3) is 5.91 Å². The first-order valence-corrected chi connectivity index (χ1v) is 9.69. The highest BCUT2D eigenvalue weighted by molar-refractivity contribution is 5.95. The summed E-state index contributed by atoms with van der Waals surface area (Å²) in [6.45, 7) is 4.35. The van der Waals surface area contributed by atoms with E-state index in [9.17, 15) is 14.7 Å². The lowest BCUT2D eigenvalue weighted by molar-refractivity contribution is -0.142. The highest BCUT2D eigenvalue weighted by atomic mass is 16.4. The van der Waals surface area contributed by atoms with E-state index in [4.69, 9.17) is 5.10 Å².